The molecule has 0 atom stereocenters. The van der Waals surface area contributed by atoms with Crippen LogP contribution in [-0.4, -0.2) is 12.6 Å². The Bertz CT molecular complexity index is 327. The van der Waals surface area contributed by atoms with Gasteiger partial charge in [-0.15, -0.1) is 0 Å². The van der Waals surface area contributed by atoms with Gasteiger partial charge >= 0.3 is 0 Å². The van der Waals surface area contributed by atoms with Gasteiger partial charge < -0.3 is 5.32 Å². The zero-order valence-electron chi connectivity index (χ0n) is 8.72. The van der Waals surface area contributed by atoms with Gasteiger partial charge in [-0.25, -0.2) is 0 Å². The van der Waals surface area contributed by atoms with Crippen molar-refractivity contribution < 1.29 is 0 Å². The Labute approximate surface area is 85.5 Å². The van der Waals surface area contributed by atoms with Gasteiger partial charge in [-0.2, -0.15) is 0 Å². The molecular weight excluding hydrogens is 170 g/mol. The first-order chi connectivity index (χ1) is 6.84. The van der Waals surface area contributed by atoms with Gasteiger partial charge in [0.05, 0.1) is 0 Å². The summed E-state index contributed by atoms with van der Waals surface area (Å²) in [6.45, 7) is 0. The number of rotatable bonds is 2. The van der Waals surface area contributed by atoms with Crippen molar-refractivity contribution in [2.75, 3.05) is 7.05 Å². The first kappa shape index (κ1) is 8.49. The molecule has 1 saturated carbocycles. The molecule has 0 unspecified atom stereocenters. The second-order valence-corrected chi connectivity index (χ2v) is 4.78. The van der Waals surface area contributed by atoms with E-state index in [1.807, 2.05) is 0 Å². The normalized spacial score (nSPS) is 23.5. The van der Waals surface area contributed by atoms with E-state index in [0.29, 0.717) is 5.54 Å². The maximum atomic E-state index is 3.53. The van der Waals surface area contributed by atoms with Crippen molar-refractivity contribution in [1.29, 1.82) is 0 Å². The Morgan fingerprint density at radius 3 is 2.14 bits per heavy atom. The van der Waals surface area contributed by atoms with Gasteiger partial charge in [0.2, 0.25) is 0 Å². The molecule has 0 saturated heterocycles. The highest BCUT2D eigenvalue weighted by molar-refractivity contribution is 5.34. The molecule has 1 fully saturated rings. The van der Waals surface area contributed by atoms with Crippen LogP contribution in [0.3, 0.4) is 0 Å². The summed E-state index contributed by atoms with van der Waals surface area (Å²) in [6.07, 6.45) is 5.33. The molecule has 1 heteroatoms. The predicted octanol–water partition coefficient (Wildman–Crippen LogP) is 2.15. The van der Waals surface area contributed by atoms with E-state index in [9.17, 15) is 0 Å². The lowest BCUT2D eigenvalue weighted by molar-refractivity contribution is 0.366. The lowest BCUT2D eigenvalue weighted by atomic mass is 9.94. The third kappa shape index (κ3) is 1.12. The van der Waals surface area contributed by atoms with Crippen LogP contribution < -0.4 is 5.32 Å². The Kier molecular flexibility index (Phi) is 1.72. The minimum Gasteiger partial charge on any atom is -0.314 e. The quantitative estimate of drug-likeness (QED) is 0.748. The summed E-state index contributed by atoms with van der Waals surface area (Å²) in [5.41, 5.74) is 3.66. The minimum absolute atomic E-state index is 0.499. The predicted molar refractivity (Wildman–Crippen MR) is 58.4 cm³/mol. The van der Waals surface area contributed by atoms with Crippen LogP contribution in [0.25, 0.3) is 0 Å². The smallest absolute Gasteiger partial charge is 0.0214 e. The molecule has 0 spiro atoms. The molecule has 2 aliphatic carbocycles. The van der Waals surface area contributed by atoms with Gasteiger partial charge in [0.1, 0.15) is 0 Å². The number of hydrogen-bond donors (Lipinski definition) is 1. The summed E-state index contributed by atoms with van der Waals surface area (Å²) in [5.74, 6) is 0.852. The van der Waals surface area contributed by atoms with E-state index >= 15 is 0 Å². The van der Waals surface area contributed by atoms with E-state index in [1.54, 1.807) is 11.1 Å². The molecular formula is C13H17N. The maximum absolute atomic E-state index is 3.53. The van der Waals surface area contributed by atoms with E-state index in [2.05, 4.69) is 36.6 Å². The Hall–Kier alpha value is -0.820. The molecule has 0 aromatic heterocycles. The zero-order valence-corrected chi connectivity index (χ0v) is 8.72. The molecule has 0 bridgehead atoms. The van der Waals surface area contributed by atoms with Crippen molar-refractivity contribution in [3.8, 4) is 0 Å². The van der Waals surface area contributed by atoms with Crippen LogP contribution in [-0.2, 0) is 12.8 Å². The van der Waals surface area contributed by atoms with Gasteiger partial charge in [-0.1, -0.05) is 24.3 Å². The molecule has 3 rings (SSSR count). The van der Waals surface area contributed by atoms with Crippen molar-refractivity contribution in [2.24, 2.45) is 5.92 Å². The van der Waals surface area contributed by atoms with Crippen molar-refractivity contribution >= 4 is 0 Å². The van der Waals surface area contributed by atoms with Crippen LogP contribution in [0.2, 0.25) is 0 Å². The van der Waals surface area contributed by atoms with E-state index in [0.717, 1.165) is 5.92 Å². The van der Waals surface area contributed by atoms with Crippen molar-refractivity contribution in [2.45, 2.75) is 31.2 Å². The fourth-order valence-electron chi connectivity index (χ4n) is 2.95. The Morgan fingerprint density at radius 2 is 1.71 bits per heavy atom. The highest BCUT2D eigenvalue weighted by Gasteiger charge is 2.49. The van der Waals surface area contributed by atoms with Crippen molar-refractivity contribution in [3.63, 3.8) is 0 Å². The third-order valence-electron chi connectivity index (χ3n) is 4.12. The highest BCUT2D eigenvalue weighted by Crippen LogP contribution is 2.47. The molecule has 0 amide bonds. The van der Waals surface area contributed by atoms with Crippen LogP contribution in [0.15, 0.2) is 24.3 Å². The van der Waals surface area contributed by atoms with Gasteiger partial charge in [0.25, 0.3) is 0 Å². The van der Waals surface area contributed by atoms with Crippen molar-refractivity contribution in [1.82, 2.24) is 5.32 Å². The largest absolute Gasteiger partial charge is 0.314 e. The summed E-state index contributed by atoms with van der Waals surface area (Å²) in [5, 5.41) is 3.53. The van der Waals surface area contributed by atoms with E-state index < -0.39 is 0 Å². The molecule has 1 aromatic rings. The van der Waals surface area contributed by atoms with Gasteiger partial charge in [0.15, 0.2) is 0 Å². The van der Waals surface area contributed by atoms with E-state index in [-0.39, 0.29) is 0 Å². The summed E-state index contributed by atoms with van der Waals surface area (Å²) < 4.78 is 0. The molecule has 74 valence electrons. The fourth-order valence-corrected chi connectivity index (χ4v) is 2.95. The topological polar surface area (TPSA) is 12.0 Å². The first-order valence-electron chi connectivity index (χ1n) is 5.60. The molecule has 1 N–H and O–H groups in total. The van der Waals surface area contributed by atoms with E-state index in [1.165, 1.54) is 25.7 Å². The lowest BCUT2D eigenvalue weighted by Gasteiger charge is -2.21. The fraction of sp³-hybridized carbons (Fsp3) is 0.538. The van der Waals surface area contributed by atoms with Crippen LogP contribution in [0.4, 0.5) is 0 Å². The molecule has 1 nitrogen and oxygen atoms in total. The molecule has 0 radical (unpaired) electrons. The van der Waals surface area contributed by atoms with Gasteiger partial charge in [0, 0.05) is 5.54 Å². The second kappa shape index (κ2) is 2.83. The first-order valence-corrected chi connectivity index (χ1v) is 5.60. The van der Waals surface area contributed by atoms with E-state index in [4.69, 9.17) is 0 Å². The molecule has 14 heavy (non-hydrogen) atoms. The Balaban J connectivity index is 1.85. The molecule has 2 aliphatic rings. The highest BCUT2D eigenvalue weighted by atomic mass is 15.0. The third-order valence-corrected chi connectivity index (χ3v) is 4.12. The minimum atomic E-state index is 0.499. The van der Waals surface area contributed by atoms with Crippen molar-refractivity contribution in [3.05, 3.63) is 35.4 Å². The van der Waals surface area contributed by atoms with Crippen LogP contribution in [0, 0.1) is 5.92 Å². The zero-order chi connectivity index (χ0) is 9.60. The van der Waals surface area contributed by atoms with Crippen LogP contribution in [0.1, 0.15) is 24.0 Å². The van der Waals surface area contributed by atoms with Crippen LogP contribution in [0.5, 0.6) is 0 Å². The SMILES string of the molecule is CNC1(C2Cc3ccccc3C2)CC1. The van der Waals surface area contributed by atoms with Gasteiger partial charge in [-0.05, 0) is 49.8 Å². The average molecular weight is 187 g/mol. The molecule has 0 heterocycles. The molecule has 1 aromatic carbocycles. The summed E-state index contributed by atoms with van der Waals surface area (Å²) >= 11 is 0. The second-order valence-electron chi connectivity index (χ2n) is 4.78. The number of hydrogen-bond acceptors (Lipinski definition) is 1. The summed E-state index contributed by atoms with van der Waals surface area (Å²) in [6, 6.07) is 8.92. The lowest BCUT2D eigenvalue weighted by Crippen LogP contribution is -2.36. The summed E-state index contributed by atoms with van der Waals surface area (Å²) in [4.78, 5) is 0. The van der Waals surface area contributed by atoms with Gasteiger partial charge in [-0.3, -0.25) is 0 Å². The monoisotopic (exact) mass is 187 g/mol. The number of benzene rings is 1. The molecule has 0 aliphatic heterocycles. The Morgan fingerprint density at radius 1 is 1.14 bits per heavy atom. The maximum Gasteiger partial charge on any atom is 0.0214 e. The summed E-state index contributed by atoms with van der Waals surface area (Å²) in [7, 11) is 2.12. The number of nitrogens with one attached hydrogen (secondary N) is 1. The van der Waals surface area contributed by atoms with Crippen LogP contribution >= 0.6 is 0 Å². The average Bonchev–Trinajstić information content (AvgIpc) is 2.91. The standard InChI is InChI=1S/C13H17N/c1-14-13(6-7-13)12-8-10-4-2-3-5-11(10)9-12/h2-5,12,14H,6-9H2,1H3. The number of fused-ring (bicyclic) bond motifs is 1.